The Kier molecular flexibility index (Phi) is 4.70. The number of nitrogens with zero attached hydrogens (tertiary/aromatic N) is 1. The van der Waals surface area contributed by atoms with E-state index in [1.807, 2.05) is 0 Å². The first-order valence-electron chi connectivity index (χ1n) is 7.44. The molecule has 0 aliphatic carbocycles. The lowest BCUT2D eigenvalue weighted by Crippen LogP contribution is -2.30. The minimum atomic E-state index is -0.418. The molecule has 5 heteroatoms. The van der Waals surface area contributed by atoms with E-state index in [0.29, 0.717) is 16.9 Å². The molecular formula is C19H15F2NO2. The minimum Gasteiger partial charge on any atom is -0.467 e. The molecular weight excluding hydrogens is 312 g/mol. The lowest BCUT2D eigenvalue weighted by atomic mass is 10.1. The van der Waals surface area contributed by atoms with Gasteiger partial charge in [-0.25, -0.2) is 8.78 Å². The number of hydrogen-bond acceptors (Lipinski definition) is 2. The maximum absolute atomic E-state index is 13.9. The fourth-order valence-corrected chi connectivity index (χ4v) is 2.40. The van der Waals surface area contributed by atoms with Gasteiger partial charge in [-0.2, -0.15) is 0 Å². The van der Waals surface area contributed by atoms with Gasteiger partial charge in [0.05, 0.1) is 12.8 Å². The summed E-state index contributed by atoms with van der Waals surface area (Å²) in [6.07, 6.45) is 1.51. The maximum atomic E-state index is 13.9. The summed E-state index contributed by atoms with van der Waals surface area (Å²) in [7, 11) is 0. The van der Waals surface area contributed by atoms with Crippen molar-refractivity contribution in [2.75, 3.05) is 0 Å². The smallest absolute Gasteiger partial charge is 0.254 e. The number of halogens is 2. The molecule has 0 saturated heterocycles. The van der Waals surface area contributed by atoms with Crippen molar-refractivity contribution in [3.8, 4) is 0 Å². The number of amides is 1. The summed E-state index contributed by atoms with van der Waals surface area (Å²) >= 11 is 0. The number of furan rings is 1. The first-order valence-corrected chi connectivity index (χ1v) is 7.44. The number of rotatable bonds is 5. The van der Waals surface area contributed by atoms with Crippen molar-refractivity contribution in [2.45, 2.75) is 13.1 Å². The van der Waals surface area contributed by atoms with Crippen LogP contribution in [0.3, 0.4) is 0 Å². The van der Waals surface area contributed by atoms with E-state index >= 15 is 0 Å². The fourth-order valence-electron chi connectivity index (χ4n) is 2.40. The maximum Gasteiger partial charge on any atom is 0.254 e. The molecule has 1 heterocycles. The highest BCUT2D eigenvalue weighted by atomic mass is 19.1. The highest BCUT2D eigenvalue weighted by Crippen LogP contribution is 2.17. The summed E-state index contributed by atoms with van der Waals surface area (Å²) in [4.78, 5) is 14.2. The minimum absolute atomic E-state index is 0.0869. The van der Waals surface area contributed by atoms with Gasteiger partial charge in [-0.1, -0.05) is 18.2 Å². The van der Waals surface area contributed by atoms with E-state index in [2.05, 4.69) is 0 Å². The molecule has 3 rings (SSSR count). The number of carbonyl (C=O) groups excluding carboxylic acids is 1. The molecule has 2 aromatic carbocycles. The van der Waals surface area contributed by atoms with Gasteiger partial charge >= 0.3 is 0 Å². The highest BCUT2D eigenvalue weighted by molar-refractivity contribution is 5.94. The van der Waals surface area contributed by atoms with Gasteiger partial charge in [0.15, 0.2) is 0 Å². The lowest BCUT2D eigenvalue weighted by Gasteiger charge is -2.22. The third-order valence-electron chi connectivity index (χ3n) is 3.62. The Bertz CT molecular complexity index is 814. The monoisotopic (exact) mass is 327 g/mol. The molecule has 0 aliphatic heterocycles. The molecule has 0 unspecified atom stereocenters. The standard InChI is InChI=1S/C19H15F2NO2/c20-16-9-7-14(8-10-16)19(23)22(13-17-5-3-11-24-17)12-15-4-1-2-6-18(15)21/h1-11H,12-13H2. The fraction of sp³-hybridized carbons (Fsp3) is 0.105. The van der Waals surface area contributed by atoms with Gasteiger partial charge in [0.1, 0.15) is 17.4 Å². The van der Waals surface area contributed by atoms with Crippen LogP contribution in [0.5, 0.6) is 0 Å². The van der Waals surface area contributed by atoms with E-state index in [4.69, 9.17) is 4.42 Å². The summed E-state index contributed by atoms with van der Waals surface area (Å²) in [5.41, 5.74) is 0.735. The Morgan fingerprint density at radius 1 is 0.917 bits per heavy atom. The molecule has 3 nitrogen and oxygen atoms in total. The zero-order valence-corrected chi connectivity index (χ0v) is 12.8. The molecule has 0 fully saturated rings. The van der Waals surface area contributed by atoms with Crippen molar-refractivity contribution in [3.05, 3.63) is 95.4 Å². The second-order valence-electron chi connectivity index (χ2n) is 5.34. The second-order valence-corrected chi connectivity index (χ2v) is 5.34. The topological polar surface area (TPSA) is 33.5 Å². The average molecular weight is 327 g/mol. The first-order chi connectivity index (χ1) is 11.6. The largest absolute Gasteiger partial charge is 0.467 e. The summed E-state index contributed by atoms with van der Waals surface area (Å²) in [6, 6.07) is 15.0. The van der Waals surface area contributed by atoms with Gasteiger partial charge < -0.3 is 9.32 Å². The molecule has 0 aliphatic rings. The van der Waals surface area contributed by atoms with E-state index < -0.39 is 5.82 Å². The quantitative estimate of drug-likeness (QED) is 0.696. The summed E-state index contributed by atoms with van der Waals surface area (Å²) < 4.78 is 32.3. The van der Waals surface area contributed by atoms with Gasteiger partial charge in [0.2, 0.25) is 0 Å². The average Bonchev–Trinajstić information content (AvgIpc) is 3.09. The van der Waals surface area contributed by atoms with Gasteiger partial charge in [-0.3, -0.25) is 4.79 Å². The molecule has 1 aromatic heterocycles. The van der Waals surface area contributed by atoms with Gasteiger partial charge in [-0.15, -0.1) is 0 Å². The molecule has 3 aromatic rings. The number of carbonyl (C=O) groups is 1. The summed E-state index contributed by atoms with van der Waals surface area (Å²) in [5, 5.41) is 0. The number of benzene rings is 2. The van der Waals surface area contributed by atoms with E-state index in [0.717, 1.165) is 0 Å². The van der Waals surface area contributed by atoms with Crippen LogP contribution in [0.15, 0.2) is 71.3 Å². The predicted molar refractivity (Wildman–Crippen MR) is 85.1 cm³/mol. The molecule has 0 radical (unpaired) electrons. The molecule has 0 spiro atoms. The normalized spacial score (nSPS) is 10.6. The van der Waals surface area contributed by atoms with Crippen LogP contribution in [-0.2, 0) is 13.1 Å². The zero-order chi connectivity index (χ0) is 16.9. The molecule has 0 saturated carbocycles. The van der Waals surface area contributed by atoms with Crippen molar-refractivity contribution in [2.24, 2.45) is 0 Å². The van der Waals surface area contributed by atoms with E-state index in [9.17, 15) is 13.6 Å². The SMILES string of the molecule is O=C(c1ccc(F)cc1)N(Cc1ccco1)Cc1ccccc1F. The van der Waals surface area contributed by atoms with Crippen molar-refractivity contribution < 1.29 is 18.0 Å². The van der Waals surface area contributed by atoms with E-state index in [1.54, 1.807) is 30.3 Å². The highest BCUT2D eigenvalue weighted by Gasteiger charge is 2.19. The Morgan fingerprint density at radius 3 is 2.33 bits per heavy atom. The Labute approximate surface area is 138 Å². The van der Waals surface area contributed by atoms with Gasteiger partial charge in [-0.05, 0) is 42.5 Å². The van der Waals surface area contributed by atoms with E-state index in [-0.39, 0.29) is 24.8 Å². The van der Waals surface area contributed by atoms with Crippen LogP contribution in [0, 0.1) is 11.6 Å². The van der Waals surface area contributed by atoms with E-state index in [1.165, 1.54) is 41.5 Å². The van der Waals surface area contributed by atoms with Crippen LogP contribution >= 0.6 is 0 Å². The molecule has 0 atom stereocenters. The Balaban J connectivity index is 1.87. The first kappa shape index (κ1) is 15.9. The van der Waals surface area contributed by atoms with Crippen LogP contribution in [0.2, 0.25) is 0 Å². The van der Waals surface area contributed by atoms with Crippen molar-refractivity contribution in [3.63, 3.8) is 0 Å². The van der Waals surface area contributed by atoms with Crippen molar-refractivity contribution >= 4 is 5.91 Å². The zero-order valence-electron chi connectivity index (χ0n) is 12.8. The Morgan fingerprint density at radius 2 is 1.67 bits per heavy atom. The molecule has 0 bridgehead atoms. The third-order valence-corrected chi connectivity index (χ3v) is 3.62. The summed E-state index contributed by atoms with van der Waals surface area (Å²) in [6.45, 7) is 0.279. The van der Waals surface area contributed by atoms with Crippen LogP contribution < -0.4 is 0 Å². The molecule has 0 N–H and O–H groups in total. The van der Waals surface area contributed by atoms with Crippen LogP contribution in [0.1, 0.15) is 21.7 Å². The van der Waals surface area contributed by atoms with Crippen LogP contribution in [-0.4, -0.2) is 10.8 Å². The van der Waals surface area contributed by atoms with Gasteiger partial charge in [0.25, 0.3) is 5.91 Å². The summed E-state index contributed by atoms with van der Waals surface area (Å²) in [5.74, 6) is -0.538. The second kappa shape index (κ2) is 7.08. The lowest BCUT2D eigenvalue weighted by molar-refractivity contribution is 0.0716. The van der Waals surface area contributed by atoms with Crippen molar-refractivity contribution in [1.29, 1.82) is 0 Å². The molecule has 24 heavy (non-hydrogen) atoms. The van der Waals surface area contributed by atoms with Crippen molar-refractivity contribution in [1.82, 2.24) is 4.90 Å². The molecule has 1 amide bonds. The Hall–Kier alpha value is -2.95. The molecule has 122 valence electrons. The predicted octanol–water partition coefficient (Wildman–Crippen LogP) is 4.40. The number of hydrogen-bond donors (Lipinski definition) is 0. The van der Waals surface area contributed by atoms with Crippen LogP contribution in [0.25, 0.3) is 0 Å². The third kappa shape index (κ3) is 3.68. The van der Waals surface area contributed by atoms with Crippen LogP contribution in [0.4, 0.5) is 8.78 Å². The van der Waals surface area contributed by atoms with Gasteiger partial charge in [0, 0.05) is 17.7 Å².